The molecule has 0 aliphatic rings. The number of hydrogen-bond donors (Lipinski definition) is 1. The summed E-state index contributed by atoms with van der Waals surface area (Å²) in [6.45, 7) is 1.87. The molecular formula is C18H17N3OS. The number of aromatic nitrogens is 2. The van der Waals surface area contributed by atoms with Crippen molar-refractivity contribution < 1.29 is 4.79 Å². The molecule has 0 saturated carbocycles. The largest absolute Gasteiger partial charge is 0.300 e. The predicted octanol–water partition coefficient (Wildman–Crippen LogP) is 4.01. The number of nitrogens with one attached hydrogen (secondary N) is 1. The number of amides is 1. The lowest BCUT2D eigenvalue weighted by molar-refractivity contribution is -0.116. The molecule has 1 heterocycles. The summed E-state index contributed by atoms with van der Waals surface area (Å²) in [6, 6.07) is 20.2. The third-order valence-corrected chi connectivity index (χ3v) is 4.32. The van der Waals surface area contributed by atoms with E-state index in [0.29, 0.717) is 11.6 Å². The summed E-state index contributed by atoms with van der Waals surface area (Å²) in [7, 11) is 0. The molecule has 0 aliphatic heterocycles. The van der Waals surface area contributed by atoms with Gasteiger partial charge >= 0.3 is 0 Å². The van der Waals surface area contributed by atoms with Crippen molar-refractivity contribution >= 4 is 22.4 Å². The third kappa shape index (κ3) is 4.02. The molecule has 0 atom stereocenters. The average Bonchev–Trinajstić information content (AvgIpc) is 2.99. The Labute approximate surface area is 139 Å². The van der Waals surface area contributed by atoms with Crippen molar-refractivity contribution in [2.75, 3.05) is 5.32 Å². The fourth-order valence-electron chi connectivity index (χ4n) is 2.50. The van der Waals surface area contributed by atoms with Crippen molar-refractivity contribution in [2.24, 2.45) is 0 Å². The number of nitrogens with zero attached hydrogens (tertiary/aromatic N) is 2. The van der Waals surface area contributed by atoms with Gasteiger partial charge in [-0.2, -0.15) is 0 Å². The molecule has 0 aliphatic carbocycles. The van der Waals surface area contributed by atoms with Crippen LogP contribution in [0.2, 0.25) is 0 Å². The van der Waals surface area contributed by atoms with Gasteiger partial charge in [0.05, 0.1) is 0 Å². The van der Waals surface area contributed by atoms with Gasteiger partial charge in [-0.25, -0.2) is 0 Å². The highest BCUT2D eigenvalue weighted by atomic mass is 32.1. The first kappa shape index (κ1) is 15.4. The van der Waals surface area contributed by atoms with E-state index in [1.807, 2.05) is 43.3 Å². The molecule has 1 amide bonds. The van der Waals surface area contributed by atoms with Crippen molar-refractivity contribution in [1.29, 1.82) is 0 Å². The van der Waals surface area contributed by atoms with Crippen LogP contribution >= 0.6 is 11.3 Å². The number of benzene rings is 2. The first-order valence-corrected chi connectivity index (χ1v) is 8.24. The van der Waals surface area contributed by atoms with Gasteiger partial charge < -0.3 is 5.32 Å². The molecule has 0 saturated heterocycles. The quantitative estimate of drug-likeness (QED) is 0.772. The Morgan fingerprint density at radius 2 is 1.57 bits per heavy atom. The van der Waals surface area contributed by atoms with Gasteiger partial charge in [-0.15, -0.1) is 10.2 Å². The molecule has 3 rings (SSSR count). The molecular weight excluding hydrogens is 306 g/mol. The highest BCUT2D eigenvalue weighted by Gasteiger charge is 2.18. The molecule has 3 aromatic rings. The zero-order valence-electron chi connectivity index (χ0n) is 12.8. The van der Waals surface area contributed by atoms with E-state index in [4.69, 9.17) is 0 Å². The first-order chi connectivity index (χ1) is 11.2. The summed E-state index contributed by atoms with van der Waals surface area (Å²) in [5.74, 6) is -0.0368. The van der Waals surface area contributed by atoms with E-state index in [0.717, 1.165) is 16.1 Å². The van der Waals surface area contributed by atoms with Crippen LogP contribution in [0, 0.1) is 6.92 Å². The molecule has 0 spiro atoms. The fraction of sp³-hybridized carbons (Fsp3) is 0.167. The van der Waals surface area contributed by atoms with Crippen LogP contribution < -0.4 is 5.32 Å². The van der Waals surface area contributed by atoms with E-state index in [2.05, 4.69) is 39.8 Å². The van der Waals surface area contributed by atoms with Crippen LogP contribution in [0.15, 0.2) is 60.7 Å². The maximum Gasteiger partial charge on any atom is 0.227 e. The van der Waals surface area contributed by atoms with E-state index in [-0.39, 0.29) is 11.8 Å². The zero-order chi connectivity index (χ0) is 16.1. The van der Waals surface area contributed by atoms with Crippen molar-refractivity contribution in [3.8, 4) is 0 Å². The summed E-state index contributed by atoms with van der Waals surface area (Å²) in [6.07, 6.45) is 0.368. The molecule has 23 heavy (non-hydrogen) atoms. The Morgan fingerprint density at radius 3 is 2.04 bits per heavy atom. The van der Waals surface area contributed by atoms with Crippen molar-refractivity contribution in [2.45, 2.75) is 19.3 Å². The number of carbonyl (C=O) groups excluding carboxylic acids is 1. The van der Waals surface area contributed by atoms with Crippen LogP contribution in [0.3, 0.4) is 0 Å². The van der Waals surface area contributed by atoms with Crippen LogP contribution in [0.1, 0.15) is 28.5 Å². The van der Waals surface area contributed by atoms with Gasteiger partial charge in [0.1, 0.15) is 5.01 Å². The van der Waals surface area contributed by atoms with Crippen LogP contribution in [-0.4, -0.2) is 16.1 Å². The topological polar surface area (TPSA) is 54.9 Å². The second-order valence-electron chi connectivity index (χ2n) is 5.25. The minimum atomic E-state index is -0.0566. The van der Waals surface area contributed by atoms with Crippen LogP contribution in [-0.2, 0) is 4.79 Å². The Balaban J connectivity index is 1.80. The molecule has 0 radical (unpaired) electrons. The molecule has 4 nitrogen and oxygen atoms in total. The SMILES string of the molecule is Cc1nnc(NC(=O)CC(c2ccccc2)c2ccccc2)s1. The molecule has 0 fully saturated rings. The normalized spacial score (nSPS) is 10.7. The maximum absolute atomic E-state index is 12.4. The number of aryl methyl sites for hydroxylation is 1. The van der Waals surface area contributed by atoms with Crippen molar-refractivity contribution in [3.63, 3.8) is 0 Å². The Morgan fingerprint density at radius 1 is 1.00 bits per heavy atom. The van der Waals surface area contributed by atoms with E-state index in [1.54, 1.807) is 0 Å². The zero-order valence-corrected chi connectivity index (χ0v) is 13.6. The van der Waals surface area contributed by atoms with E-state index < -0.39 is 0 Å². The van der Waals surface area contributed by atoms with E-state index in [9.17, 15) is 4.79 Å². The van der Waals surface area contributed by atoms with Crippen LogP contribution in [0.5, 0.6) is 0 Å². The van der Waals surface area contributed by atoms with Gasteiger partial charge in [-0.1, -0.05) is 72.0 Å². The first-order valence-electron chi connectivity index (χ1n) is 7.42. The van der Waals surface area contributed by atoms with Gasteiger partial charge in [0.25, 0.3) is 0 Å². The summed E-state index contributed by atoms with van der Waals surface area (Å²) in [5, 5.41) is 12.1. The Hall–Kier alpha value is -2.53. The molecule has 1 N–H and O–H groups in total. The van der Waals surface area contributed by atoms with Gasteiger partial charge in [0.15, 0.2) is 0 Å². The smallest absolute Gasteiger partial charge is 0.227 e. The van der Waals surface area contributed by atoms with Crippen LogP contribution in [0.25, 0.3) is 0 Å². The molecule has 1 aromatic heterocycles. The van der Waals surface area contributed by atoms with Gasteiger partial charge in [-0.05, 0) is 18.1 Å². The standard InChI is InChI=1S/C18H17N3OS/c1-13-20-21-18(23-13)19-17(22)12-16(14-8-4-2-5-9-14)15-10-6-3-7-11-15/h2-11,16H,12H2,1H3,(H,19,21,22). The second-order valence-corrected chi connectivity index (χ2v) is 6.43. The minimum absolute atomic E-state index is 0.0198. The van der Waals surface area contributed by atoms with Gasteiger partial charge in [0, 0.05) is 12.3 Å². The fourth-order valence-corrected chi connectivity index (χ4v) is 3.11. The summed E-state index contributed by atoms with van der Waals surface area (Å²) < 4.78 is 0. The lowest BCUT2D eigenvalue weighted by Crippen LogP contribution is -2.16. The average molecular weight is 323 g/mol. The Kier molecular flexibility index (Phi) is 4.78. The van der Waals surface area contributed by atoms with E-state index >= 15 is 0 Å². The number of rotatable bonds is 5. The number of carbonyl (C=O) groups is 1. The lowest BCUT2D eigenvalue weighted by atomic mass is 9.88. The third-order valence-electron chi connectivity index (χ3n) is 3.57. The molecule has 116 valence electrons. The second kappa shape index (κ2) is 7.15. The molecule has 5 heteroatoms. The molecule has 2 aromatic carbocycles. The lowest BCUT2D eigenvalue weighted by Gasteiger charge is -2.17. The Bertz CT molecular complexity index is 732. The van der Waals surface area contributed by atoms with Crippen LogP contribution in [0.4, 0.5) is 5.13 Å². The summed E-state index contributed by atoms with van der Waals surface area (Å²) in [5.41, 5.74) is 2.25. The summed E-state index contributed by atoms with van der Waals surface area (Å²) in [4.78, 5) is 12.4. The van der Waals surface area contributed by atoms with Crippen molar-refractivity contribution in [1.82, 2.24) is 10.2 Å². The monoisotopic (exact) mass is 323 g/mol. The highest BCUT2D eigenvalue weighted by molar-refractivity contribution is 7.15. The number of hydrogen-bond acceptors (Lipinski definition) is 4. The number of anilines is 1. The summed E-state index contributed by atoms with van der Waals surface area (Å²) >= 11 is 1.38. The maximum atomic E-state index is 12.4. The van der Waals surface area contributed by atoms with Gasteiger partial charge in [-0.3, -0.25) is 4.79 Å². The minimum Gasteiger partial charge on any atom is -0.300 e. The van der Waals surface area contributed by atoms with Crippen molar-refractivity contribution in [3.05, 3.63) is 76.8 Å². The van der Waals surface area contributed by atoms with E-state index in [1.165, 1.54) is 11.3 Å². The highest BCUT2D eigenvalue weighted by Crippen LogP contribution is 2.28. The molecule has 0 bridgehead atoms. The van der Waals surface area contributed by atoms with Gasteiger partial charge in [0.2, 0.25) is 11.0 Å². The molecule has 0 unspecified atom stereocenters. The predicted molar refractivity (Wildman–Crippen MR) is 92.6 cm³/mol.